The highest BCUT2D eigenvalue weighted by Gasteiger charge is 2.46. The van der Waals surface area contributed by atoms with Crippen molar-refractivity contribution in [1.82, 2.24) is 4.98 Å². The number of rotatable bonds is 3. The predicted molar refractivity (Wildman–Crippen MR) is 53.9 cm³/mol. The normalized spacial score (nSPS) is 13.0. The molecule has 1 aromatic heterocycles. The van der Waals surface area contributed by atoms with E-state index in [1.807, 2.05) is 0 Å². The second-order valence-corrected chi connectivity index (χ2v) is 5.00. The summed E-state index contributed by atoms with van der Waals surface area (Å²) in [6, 6.07) is 0. The van der Waals surface area contributed by atoms with E-state index in [2.05, 4.69) is 14.9 Å². The SMILES string of the molecule is NS(=O)(=O)c1c(C(F)(F)F)cnc([N+](=O)[O-])c1OC(F)(F)F. The molecule has 0 bridgehead atoms. The van der Waals surface area contributed by atoms with E-state index in [1.165, 1.54) is 0 Å². The van der Waals surface area contributed by atoms with Crippen molar-refractivity contribution in [3.8, 4) is 5.75 Å². The highest BCUT2D eigenvalue weighted by molar-refractivity contribution is 7.89. The average Bonchev–Trinajstić information content (AvgIpc) is 2.22. The van der Waals surface area contributed by atoms with Crippen LogP contribution in [0.4, 0.5) is 32.2 Å². The number of nitrogens with zero attached hydrogens (tertiary/aromatic N) is 2. The number of hydrogen-bond donors (Lipinski definition) is 1. The molecule has 124 valence electrons. The predicted octanol–water partition coefficient (Wildman–Crippen LogP) is 1.55. The fourth-order valence-corrected chi connectivity index (χ4v) is 2.16. The number of halogens is 6. The number of primary sulfonamides is 1. The van der Waals surface area contributed by atoms with Crippen LogP contribution in [-0.2, 0) is 16.2 Å². The molecule has 2 N–H and O–H groups in total. The minimum absolute atomic E-state index is 0.332. The Morgan fingerprint density at radius 3 is 2.05 bits per heavy atom. The molecule has 0 aliphatic heterocycles. The second-order valence-electron chi connectivity index (χ2n) is 3.50. The van der Waals surface area contributed by atoms with Gasteiger partial charge in [0.05, 0.1) is 0 Å². The van der Waals surface area contributed by atoms with E-state index >= 15 is 0 Å². The summed E-state index contributed by atoms with van der Waals surface area (Å²) >= 11 is 0. The van der Waals surface area contributed by atoms with Gasteiger partial charge in [-0.2, -0.15) is 13.2 Å². The monoisotopic (exact) mass is 355 g/mol. The first kappa shape index (κ1) is 17.9. The van der Waals surface area contributed by atoms with Crippen LogP contribution >= 0.6 is 0 Å². The molecule has 0 radical (unpaired) electrons. The molecule has 22 heavy (non-hydrogen) atoms. The number of aromatic nitrogens is 1. The van der Waals surface area contributed by atoms with Crippen LogP contribution in [0.3, 0.4) is 0 Å². The van der Waals surface area contributed by atoms with Gasteiger partial charge in [-0.3, -0.25) is 0 Å². The zero-order chi connectivity index (χ0) is 17.5. The Kier molecular flexibility index (Phi) is 4.26. The lowest BCUT2D eigenvalue weighted by Gasteiger charge is -2.15. The molecule has 0 aromatic carbocycles. The molecule has 8 nitrogen and oxygen atoms in total. The van der Waals surface area contributed by atoms with Gasteiger partial charge in [0.15, 0.2) is 6.20 Å². The number of nitrogens with two attached hydrogens (primary N) is 1. The second kappa shape index (κ2) is 5.24. The van der Waals surface area contributed by atoms with E-state index < -0.39 is 49.5 Å². The fourth-order valence-electron chi connectivity index (χ4n) is 1.29. The van der Waals surface area contributed by atoms with Gasteiger partial charge in [0.25, 0.3) is 0 Å². The maximum absolute atomic E-state index is 12.7. The first-order chi connectivity index (χ1) is 9.64. The minimum atomic E-state index is -5.73. The Hall–Kier alpha value is -2.16. The van der Waals surface area contributed by atoms with Crippen LogP contribution in [0.25, 0.3) is 0 Å². The summed E-state index contributed by atoms with van der Waals surface area (Å²) in [6.45, 7) is 0. The van der Waals surface area contributed by atoms with Gasteiger partial charge in [-0.15, -0.1) is 13.2 Å². The first-order valence-electron chi connectivity index (χ1n) is 4.67. The summed E-state index contributed by atoms with van der Waals surface area (Å²) in [6.07, 6.45) is -11.6. The summed E-state index contributed by atoms with van der Waals surface area (Å²) < 4.78 is 99.9. The molecule has 0 amide bonds. The van der Waals surface area contributed by atoms with E-state index in [0.717, 1.165) is 0 Å². The van der Waals surface area contributed by atoms with Crippen molar-refractivity contribution in [1.29, 1.82) is 0 Å². The molecule has 0 unspecified atom stereocenters. The Morgan fingerprint density at radius 1 is 1.23 bits per heavy atom. The Labute approximate surface area is 116 Å². The van der Waals surface area contributed by atoms with Gasteiger partial charge in [0.2, 0.25) is 15.8 Å². The van der Waals surface area contributed by atoms with E-state index in [1.54, 1.807) is 0 Å². The third-order valence-electron chi connectivity index (χ3n) is 1.95. The van der Waals surface area contributed by atoms with Crippen molar-refractivity contribution in [3.63, 3.8) is 0 Å². The van der Waals surface area contributed by atoms with Crippen LogP contribution in [-0.4, -0.2) is 24.7 Å². The third kappa shape index (κ3) is 3.94. The molecule has 0 aliphatic carbocycles. The number of nitro groups is 1. The summed E-state index contributed by atoms with van der Waals surface area (Å²) in [5, 5.41) is 14.9. The average molecular weight is 355 g/mol. The Balaban J connectivity index is 3.91. The third-order valence-corrected chi connectivity index (χ3v) is 2.92. The lowest BCUT2D eigenvalue weighted by atomic mass is 10.2. The molecule has 0 aliphatic rings. The number of hydrogen-bond acceptors (Lipinski definition) is 6. The molecule has 1 rings (SSSR count). The summed E-state index contributed by atoms with van der Waals surface area (Å²) in [5.41, 5.74) is -2.24. The van der Waals surface area contributed by atoms with Crippen LogP contribution in [0, 0.1) is 10.1 Å². The van der Waals surface area contributed by atoms with E-state index in [-0.39, 0.29) is 6.20 Å². The van der Waals surface area contributed by atoms with Crippen LogP contribution in [0.5, 0.6) is 5.75 Å². The lowest BCUT2D eigenvalue weighted by Crippen LogP contribution is -2.25. The molecule has 0 saturated carbocycles. The van der Waals surface area contributed by atoms with Crippen molar-refractivity contribution in [2.75, 3.05) is 0 Å². The molecular formula is C7H3F6N3O5S. The van der Waals surface area contributed by atoms with Crippen LogP contribution < -0.4 is 9.88 Å². The summed E-state index contributed by atoms with van der Waals surface area (Å²) in [4.78, 5) is 9.17. The Bertz CT molecular complexity index is 713. The molecule has 0 atom stereocenters. The molecule has 15 heteroatoms. The lowest BCUT2D eigenvalue weighted by molar-refractivity contribution is -0.393. The molecule has 1 aromatic rings. The largest absolute Gasteiger partial charge is 0.573 e. The number of alkyl halides is 6. The van der Waals surface area contributed by atoms with Crippen LogP contribution in [0.2, 0.25) is 0 Å². The van der Waals surface area contributed by atoms with Gasteiger partial charge in [-0.25, -0.2) is 13.6 Å². The Morgan fingerprint density at radius 2 is 1.73 bits per heavy atom. The van der Waals surface area contributed by atoms with Gasteiger partial charge in [0.1, 0.15) is 10.5 Å². The number of sulfonamides is 1. The van der Waals surface area contributed by atoms with Crippen LogP contribution in [0.1, 0.15) is 5.56 Å². The molecule has 0 spiro atoms. The zero-order valence-electron chi connectivity index (χ0n) is 9.77. The van der Waals surface area contributed by atoms with Crippen molar-refractivity contribution in [2.24, 2.45) is 5.14 Å². The standard InChI is InChI=1S/C7H3F6N3O5S/c8-6(9,10)2-1-15-5(16(17)18)3(21-7(11,12)13)4(2)22(14,19)20/h1H,(H2,14,19,20). The number of pyridine rings is 1. The number of ether oxygens (including phenoxy) is 1. The fraction of sp³-hybridized carbons (Fsp3) is 0.286. The van der Waals surface area contributed by atoms with E-state index in [0.29, 0.717) is 0 Å². The summed E-state index contributed by atoms with van der Waals surface area (Å²) in [5.74, 6) is -4.16. The van der Waals surface area contributed by atoms with Gasteiger partial charge in [0, 0.05) is 0 Å². The minimum Gasteiger partial charge on any atom is -0.395 e. The topological polar surface area (TPSA) is 125 Å². The zero-order valence-corrected chi connectivity index (χ0v) is 10.6. The maximum atomic E-state index is 12.7. The smallest absolute Gasteiger partial charge is 0.395 e. The van der Waals surface area contributed by atoms with Crippen molar-refractivity contribution >= 4 is 15.8 Å². The van der Waals surface area contributed by atoms with Gasteiger partial charge >= 0.3 is 18.4 Å². The van der Waals surface area contributed by atoms with E-state index in [9.17, 15) is 44.9 Å². The molecule has 1 heterocycles. The van der Waals surface area contributed by atoms with Gasteiger partial charge in [-0.1, -0.05) is 0 Å². The van der Waals surface area contributed by atoms with Crippen molar-refractivity contribution in [2.45, 2.75) is 17.4 Å². The summed E-state index contributed by atoms with van der Waals surface area (Å²) in [7, 11) is -5.47. The maximum Gasteiger partial charge on any atom is 0.573 e. The van der Waals surface area contributed by atoms with Gasteiger partial charge in [-0.05, 0) is 9.91 Å². The first-order valence-corrected chi connectivity index (χ1v) is 6.22. The van der Waals surface area contributed by atoms with Crippen molar-refractivity contribution in [3.05, 3.63) is 21.9 Å². The van der Waals surface area contributed by atoms with Crippen molar-refractivity contribution < 1.29 is 44.4 Å². The molecule has 0 fully saturated rings. The highest BCUT2D eigenvalue weighted by atomic mass is 32.2. The molecule has 0 saturated heterocycles. The molecular weight excluding hydrogens is 352 g/mol. The highest BCUT2D eigenvalue weighted by Crippen LogP contribution is 2.43. The van der Waals surface area contributed by atoms with E-state index in [4.69, 9.17) is 0 Å². The van der Waals surface area contributed by atoms with Gasteiger partial charge < -0.3 is 14.9 Å². The quantitative estimate of drug-likeness (QED) is 0.498. The van der Waals surface area contributed by atoms with Crippen LogP contribution in [0.15, 0.2) is 11.1 Å².